The molecule has 10 nitrogen and oxygen atoms in total. The number of allylic oxidation sites excluding steroid dienone is 1. The number of nitrogens with one attached hydrogen (secondary N) is 1. The van der Waals surface area contributed by atoms with Gasteiger partial charge in [-0.3, -0.25) is 15.2 Å². The number of nitriles is 1. The van der Waals surface area contributed by atoms with Gasteiger partial charge < -0.3 is 19.9 Å². The maximum absolute atomic E-state index is 11.3. The van der Waals surface area contributed by atoms with E-state index in [4.69, 9.17) is 19.9 Å². The molecule has 31 heavy (non-hydrogen) atoms. The Morgan fingerprint density at radius 3 is 2.74 bits per heavy atom. The van der Waals surface area contributed by atoms with E-state index < -0.39 is 10.8 Å². The zero-order valence-corrected chi connectivity index (χ0v) is 16.6. The Bertz CT molecular complexity index is 1260. The average molecular weight is 419 g/mol. The number of hydrogen-bond donors (Lipinski definition) is 2. The molecule has 3 N–H and O–H groups in total. The van der Waals surface area contributed by atoms with Crippen molar-refractivity contribution in [2.45, 2.75) is 5.92 Å². The topological polar surface area (TPSA) is 149 Å². The number of aromatic nitrogens is 2. The molecule has 0 saturated carbocycles. The van der Waals surface area contributed by atoms with E-state index in [1.807, 2.05) is 0 Å². The Morgan fingerprint density at radius 2 is 2.06 bits per heavy atom. The molecule has 0 spiro atoms. The molecule has 1 aliphatic heterocycles. The highest BCUT2D eigenvalue weighted by atomic mass is 16.6. The van der Waals surface area contributed by atoms with Crippen LogP contribution in [0.2, 0.25) is 0 Å². The largest absolute Gasteiger partial charge is 0.497 e. The summed E-state index contributed by atoms with van der Waals surface area (Å²) in [7, 11) is 3.05. The van der Waals surface area contributed by atoms with Crippen LogP contribution in [0.1, 0.15) is 17.0 Å². The van der Waals surface area contributed by atoms with Crippen LogP contribution in [0.25, 0.3) is 11.3 Å². The van der Waals surface area contributed by atoms with Crippen LogP contribution < -0.4 is 19.9 Å². The minimum Gasteiger partial charge on any atom is -0.497 e. The van der Waals surface area contributed by atoms with Crippen molar-refractivity contribution in [1.29, 1.82) is 5.26 Å². The Labute approximate surface area is 176 Å². The van der Waals surface area contributed by atoms with Crippen molar-refractivity contribution in [2.24, 2.45) is 5.73 Å². The van der Waals surface area contributed by atoms with Gasteiger partial charge in [0, 0.05) is 23.3 Å². The van der Waals surface area contributed by atoms with Crippen LogP contribution in [0.15, 0.2) is 53.9 Å². The molecule has 10 heteroatoms. The SMILES string of the molecule is COc1ccc(OC)c(C2C(C#N)=C(N)Oc3n[nH]c(-c4cccc([N+](=O)[O-])c4)c32)c1. The van der Waals surface area contributed by atoms with Crippen molar-refractivity contribution < 1.29 is 19.1 Å². The monoisotopic (exact) mass is 419 g/mol. The van der Waals surface area contributed by atoms with E-state index in [1.54, 1.807) is 30.3 Å². The van der Waals surface area contributed by atoms with E-state index >= 15 is 0 Å². The third-order valence-corrected chi connectivity index (χ3v) is 5.03. The van der Waals surface area contributed by atoms with Crippen LogP contribution in [0, 0.1) is 21.4 Å². The second-order valence-corrected chi connectivity index (χ2v) is 6.66. The summed E-state index contributed by atoms with van der Waals surface area (Å²) >= 11 is 0. The van der Waals surface area contributed by atoms with E-state index in [-0.39, 0.29) is 23.0 Å². The fourth-order valence-electron chi connectivity index (χ4n) is 3.62. The predicted octanol–water partition coefficient (Wildman–Crippen LogP) is 3.22. The quantitative estimate of drug-likeness (QED) is 0.473. The van der Waals surface area contributed by atoms with Crippen molar-refractivity contribution in [2.75, 3.05) is 14.2 Å². The van der Waals surface area contributed by atoms with Gasteiger partial charge in [-0.1, -0.05) is 12.1 Å². The van der Waals surface area contributed by atoms with Gasteiger partial charge >= 0.3 is 0 Å². The van der Waals surface area contributed by atoms with Crippen molar-refractivity contribution in [3.05, 3.63) is 75.2 Å². The summed E-state index contributed by atoms with van der Waals surface area (Å²) in [6.45, 7) is 0. The zero-order chi connectivity index (χ0) is 22.1. The summed E-state index contributed by atoms with van der Waals surface area (Å²) in [6, 6.07) is 13.4. The lowest BCUT2D eigenvalue weighted by molar-refractivity contribution is -0.384. The predicted molar refractivity (Wildman–Crippen MR) is 110 cm³/mol. The maximum Gasteiger partial charge on any atom is 0.270 e. The molecule has 1 aromatic heterocycles. The van der Waals surface area contributed by atoms with Gasteiger partial charge in [-0.25, -0.2) is 0 Å². The number of methoxy groups -OCH3 is 2. The first-order valence-corrected chi connectivity index (χ1v) is 9.11. The fourth-order valence-corrected chi connectivity index (χ4v) is 3.62. The molecule has 2 heterocycles. The third kappa shape index (κ3) is 3.28. The molecular formula is C21H17N5O5. The number of H-pyrrole nitrogens is 1. The van der Waals surface area contributed by atoms with Gasteiger partial charge in [0.25, 0.3) is 5.69 Å². The van der Waals surface area contributed by atoms with Crippen molar-refractivity contribution in [1.82, 2.24) is 10.2 Å². The van der Waals surface area contributed by atoms with Gasteiger partial charge in [0.15, 0.2) is 0 Å². The summed E-state index contributed by atoms with van der Waals surface area (Å²) in [4.78, 5) is 10.8. The smallest absolute Gasteiger partial charge is 0.270 e. The Hall–Kier alpha value is -4.52. The average Bonchev–Trinajstić information content (AvgIpc) is 3.21. The minimum atomic E-state index is -0.702. The first kappa shape index (κ1) is 19.8. The Kier molecular flexibility index (Phi) is 4.92. The molecule has 0 amide bonds. The first-order chi connectivity index (χ1) is 15.0. The number of hydrogen-bond acceptors (Lipinski definition) is 8. The van der Waals surface area contributed by atoms with Gasteiger partial charge in [0.05, 0.1) is 36.3 Å². The number of non-ortho nitro benzene ring substituents is 1. The molecule has 1 unspecified atom stereocenters. The molecule has 1 aliphatic rings. The standard InChI is InChI=1S/C21H17N5O5/c1-29-13-6-7-16(30-2)14(9-13)17-15(10-22)20(23)31-21-18(17)19(24-25-21)11-4-3-5-12(8-11)26(27)28/h3-9,17H,23H2,1-2H3,(H,24,25). The van der Waals surface area contributed by atoms with Crippen LogP contribution in [0.5, 0.6) is 17.4 Å². The third-order valence-electron chi connectivity index (χ3n) is 5.03. The lowest BCUT2D eigenvalue weighted by atomic mass is 9.82. The highest BCUT2D eigenvalue weighted by molar-refractivity contribution is 5.73. The molecule has 0 aliphatic carbocycles. The van der Waals surface area contributed by atoms with E-state index in [9.17, 15) is 15.4 Å². The molecule has 3 aromatic rings. The molecule has 4 rings (SSSR count). The molecule has 0 radical (unpaired) electrons. The van der Waals surface area contributed by atoms with Crippen LogP contribution in [0.3, 0.4) is 0 Å². The fraction of sp³-hybridized carbons (Fsp3) is 0.143. The van der Waals surface area contributed by atoms with E-state index in [1.165, 1.54) is 26.4 Å². The van der Waals surface area contributed by atoms with Crippen molar-refractivity contribution in [3.8, 4) is 34.7 Å². The van der Waals surface area contributed by atoms with Gasteiger partial charge in [-0.2, -0.15) is 5.26 Å². The lowest BCUT2D eigenvalue weighted by Gasteiger charge is -2.25. The molecular weight excluding hydrogens is 402 g/mol. The van der Waals surface area contributed by atoms with E-state index in [0.717, 1.165) is 0 Å². The van der Waals surface area contributed by atoms with Gasteiger partial charge in [-0.05, 0) is 18.2 Å². The highest BCUT2D eigenvalue weighted by Gasteiger charge is 2.37. The first-order valence-electron chi connectivity index (χ1n) is 9.11. The second-order valence-electron chi connectivity index (χ2n) is 6.66. The number of nitrogens with zero attached hydrogens (tertiary/aromatic N) is 3. The molecule has 0 fully saturated rings. The highest BCUT2D eigenvalue weighted by Crippen LogP contribution is 2.48. The van der Waals surface area contributed by atoms with Gasteiger partial charge in [-0.15, -0.1) is 5.10 Å². The van der Waals surface area contributed by atoms with Gasteiger partial charge in [0.2, 0.25) is 11.8 Å². The second kappa shape index (κ2) is 7.72. The van der Waals surface area contributed by atoms with E-state index in [0.29, 0.717) is 33.9 Å². The molecule has 0 bridgehead atoms. The number of aromatic amines is 1. The molecule has 1 atom stereocenters. The Morgan fingerprint density at radius 1 is 1.26 bits per heavy atom. The van der Waals surface area contributed by atoms with Gasteiger partial charge in [0.1, 0.15) is 23.1 Å². The van der Waals surface area contributed by atoms with Crippen molar-refractivity contribution >= 4 is 5.69 Å². The van der Waals surface area contributed by atoms with Crippen LogP contribution >= 0.6 is 0 Å². The van der Waals surface area contributed by atoms with Crippen LogP contribution in [-0.2, 0) is 0 Å². The summed E-state index contributed by atoms with van der Waals surface area (Å²) in [5, 5.41) is 28.2. The number of benzene rings is 2. The summed E-state index contributed by atoms with van der Waals surface area (Å²) in [6.07, 6.45) is 0. The van der Waals surface area contributed by atoms with E-state index in [2.05, 4.69) is 16.3 Å². The number of nitrogens with two attached hydrogens (primary N) is 1. The van der Waals surface area contributed by atoms with Crippen molar-refractivity contribution in [3.63, 3.8) is 0 Å². The van der Waals surface area contributed by atoms with Crippen LogP contribution in [0.4, 0.5) is 5.69 Å². The molecule has 2 aromatic carbocycles. The molecule has 156 valence electrons. The number of nitro groups is 1. The zero-order valence-electron chi connectivity index (χ0n) is 16.6. The number of fused-ring (bicyclic) bond motifs is 1. The number of ether oxygens (including phenoxy) is 3. The lowest BCUT2D eigenvalue weighted by Crippen LogP contribution is -2.21. The van der Waals surface area contributed by atoms with Crippen LogP contribution in [-0.4, -0.2) is 29.3 Å². The number of rotatable bonds is 5. The Balaban J connectivity index is 1.99. The normalized spacial score (nSPS) is 14.9. The summed E-state index contributed by atoms with van der Waals surface area (Å²) in [5.41, 5.74) is 8.20. The number of nitro benzene ring substituents is 1. The summed E-state index contributed by atoms with van der Waals surface area (Å²) in [5.74, 6) is 0.451. The minimum absolute atomic E-state index is 0.0800. The molecule has 0 saturated heterocycles. The maximum atomic E-state index is 11.3. The summed E-state index contributed by atoms with van der Waals surface area (Å²) < 4.78 is 16.5.